The molecule has 0 saturated heterocycles. The van der Waals surface area contributed by atoms with Gasteiger partial charge in [0.2, 0.25) is 0 Å². The Balaban J connectivity index is 1.90. The number of fused-ring (bicyclic) bond motifs is 1. The molecule has 2 aromatic rings. The summed E-state index contributed by atoms with van der Waals surface area (Å²) in [6, 6.07) is 8.97. The van der Waals surface area contributed by atoms with E-state index in [-0.39, 0.29) is 6.04 Å². The molecule has 1 aliphatic rings. The van der Waals surface area contributed by atoms with Crippen molar-refractivity contribution in [1.82, 2.24) is 9.55 Å². The minimum absolute atomic E-state index is 0.252. The van der Waals surface area contributed by atoms with Gasteiger partial charge in [-0.05, 0) is 56.2 Å². The van der Waals surface area contributed by atoms with Crippen molar-refractivity contribution in [2.75, 3.05) is 0 Å². The number of aromatic nitrogens is 2. The van der Waals surface area contributed by atoms with Crippen molar-refractivity contribution in [3.63, 3.8) is 0 Å². The topological polar surface area (TPSA) is 43.8 Å². The van der Waals surface area contributed by atoms with Crippen LogP contribution >= 0.6 is 0 Å². The van der Waals surface area contributed by atoms with Crippen LogP contribution in [0.4, 0.5) is 0 Å². The summed E-state index contributed by atoms with van der Waals surface area (Å²) < 4.78 is 2.26. The molecule has 1 aromatic carbocycles. The lowest BCUT2D eigenvalue weighted by atomic mass is 10.0. The predicted octanol–water partition coefficient (Wildman–Crippen LogP) is 3.03. The van der Waals surface area contributed by atoms with E-state index in [1.807, 2.05) is 6.33 Å². The van der Waals surface area contributed by atoms with E-state index in [0.29, 0.717) is 0 Å². The van der Waals surface area contributed by atoms with Crippen LogP contribution in [0.15, 0.2) is 30.6 Å². The zero-order chi connectivity index (χ0) is 13.9. The smallest absolute Gasteiger partial charge is 0.0997 e. The highest BCUT2D eigenvalue weighted by Crippen LogP contribution is 2.23. The second-order valence-electron chi connectivity index (χ2n) is 5.76. The molecule has 20 heavy (non-hydrogen) atoms. The minimum Gasteiger partial charge on any atom is -0.327 e. The van der Waals surface area contributed by atoms with E-state index >= 15 is 0 Å². The van der Waals surface area contributed by atoms with Gasteiger partial charge in [0.25, 0.3) is 0 Å². The summed E-state index contributed by atoms with van der Waals surface area (Å²) >= 11 is 0. The highest BCUT2D eigenvalue weighted by Gasteiger charge is 2.16. The van der Waals surface area contributed by atoms with Crippen LogP contribution in [0.1, 0.15) is 43.1 Å². The summed E-state index contributed by atoms with van der Waals surface area (Å²) in [5.74, 6) is 0. The van der Waals surface area contributed by atoms with Gasteiger partial charge in [-0.3, -0.25) is 0 Å². The standard InChI is InChI=1S/C17H23N3/c1-2-14(18)10-13-6-5-7-15(11-13)20-12-19-16-8-3-4-9-17(16)20/h5-7,11-12,14H,2-4,8-10,18H2,1H3. The van der Waals surface area contributed by atoms with Crippen LogP contribution in [0, 0.1) is 0 Å². The summed E-state index contributed by atoms with van der Waals surface area (Å²) in [6.07, 6.45) is 8.77. The predicted molar refractivity (Wildman–Crippen MR) is 82.2 cm³/mol. The Morgan fingerprint density at radius 3 is 3.00 bits per heavy atom. The van der Waals surface area contributed by atoms with Crippen LogP contribution in [0.3, 0.4) is 0 Å². The maximum Gasteiger partial charge on any atom is 0.0997 e. The number of nitrogens with two attached hydrogens (primary N) is 1. The first-order chi connectivity index (χ1) is 9.78. The Morgan fingerprint density at radius 1 is 1.30 bits per heavy atom. The first kappa shape index (κ1) is 13.4. The van der Waals surface area contributed by atoms with Crippen LogP contribution in [0.5, 0.6) is 0 Å². The van der Waals surface area contributed by atoms with E-state index < -0.39 is 0 Å². The second kappa shape index (κ2) is 5.80. The van der Waals surface area contributed by atoms with Gasteiger partial charge in [-0.25, -0.2) is 4.98 Å². The van der Waals surface area contributed by atoms with Crippen molar-refractivity contribution in [3.8, 4) is 5.69 Å². The van der Waals surface area contributed by atoms with Gasteiger partial charge in [0, 0.05) is 17.4 Å². The largest absolute Gasteiger partial charge is 0.327 e. The Kier molecular flexibility index (Phi) is 3.88. The van der Waals surface area contributed by atoms with Crippen LogP contribution in [0.25, 0.3) is 5.69 Å². The monoisotopic (exact) mass is 269 g/mol. The molecule has 3 rings (SSSR count). The van der Waals surface area contributed by atoms with Crippen molar-refractivity contribution in [1.29, 1.82) is 0 Å². The molecule has 1 unspecified atom stereocenters. The molecule has 106 valence electrons. The SMILES string of the molecule is CCC(N)Cc1cccc(-n2cnc3c2CCCC3)c1. The molecule has 0 fully saturated rings. The third-order valence-electron chi connectivity index (χ3n) is 4.24. The van der Waals surface area contributed by atoms with Crippen LogP contribution in [-0.2, 0) is 19.3 Å². The molecule has 1 atom stereocenters. The molecule has 0 saturated carbocycles. The second-order valence-corrected chi connectivity index (χ2v) is 5.76. The van der Waals surface area contributed by atoms with E-state index in [4.69, 9.17) is 5.73 Å². The highest BCUT2D eigenvalue weighted by molar-refractivity contribution is 5.39. The molecule has 1 aromatic heterocycles. The van der Waals surface area contributed by atoms with Crippen molar-refractivity contribution >= 4 is 0 Å². The molecular weight excluding hydrogens is 246 g/mol. The molecule has 0 bridgehead atoms. The third kappa shape index (κ3) is 2.63. The lowest BCUT2D eigenvalue weighted by Gasteiger charge is -2.15. The zero-order valence-corrected chi connectivity index (χ0v) is 12.2. The molecule has 0 radical (unpaired) electrons. The first-order valence-electron chi connectivity index (χ1n) is 7.68. The zero-order valence-electron chi connectivity index (χ0n) is 12.2. The average molecular weight is 269 g/mol. The Bertz CT molecular complexity index is 586. The van der Waals surface area contributed by atoms with E-state index in [1.165, 1.54) is 35.5 Å². The minimum atomic E-state index is 0.252. The number of benzene rings is 1. The molecule has 3 heteroatoms. The van der Waals surface area contributed by atoms with Gasteiger partial charge in [-0.2, -0.15) is 0 Å². The fourth-order valence-corrected chi connectivity index (χ4v) is 2.97. The van der Waals surface area contributed by atoms with Crippen molar-refractivity contribution in [3.05, 3.63) is 47.5 Å². The lowest BCUT2D eigenvalue weighted by molar-refractivity contribution is 0.645. The van der Waals surface area contributed by atoms with Crippen molar-refractivity contribution in [2.45, 2.75) is 51.5 Å². The molecule has 3 nitrogen and oxygen atoms in total. The van der Waals surface area contributed by atoms with Crippen LogP contribution in [0.2, 0.25) is 0 Å². The number of hydrogen-bond donors (Lipinski definition) is 1. The van der Waals surface area contributed by atoms with E-state index in [9.17, 15) is 0 Å². The molecule has 0 amide bonds. The number of nitrogens with zero attached hydrogens (tertiary/aromatic N) is 2. The number of imidazole rings is 1. The van der Waals surface area contributed by atoms with Gasteiger partial charge < -0.3 is 10.3 Å². The molecule has 1 heterocycles. The van der Waals surface area contributed by atoms with Gasteiger partial charge in [-0.1, -0.05) is 19.1 Å². The molecule has 0 spiro atoms. The first-order valence-corrected chi connectivity index (χ1v) is 7.68. The summed E-state index contributed by atoms with van der Waals surface area (Å²) in [5, 5.41) is 0. The highest BCUT2D eigenvalue weighted by atomic mass is 15.1. The normalized spacial score (nSPS) is 15.9. The van der Waals surface area contributed by atoms with Gasteiger partial charge in [-0.15, -0.1) is 0 Å². The number of aryl methyl sites for hydroxylation is 1. The Labute approximate surface area is 120 Å². The van der Waals surface area contributed by atoms with Crippen LogP contribution < -0.4 is 5.73 Å². The summed E-state index contributed by atoms with van der Waals surface area (Å²) in [7, 11) is 0. The van der Waals surface area contributed by atoms with Crippen molar-refractivity contribution in [2.24, 2.45) is 5.73 Å². The number of rotatable bonds is 4. The third-order valence-corrected chi connectivity index (χ3v) is 4.24. The molecule has 2 N–H and O–H groups in total. The Hall–Kier alpha value is -1.61. The maximum absolute atomic E-state index is 6.07. The molecule has 0 aliphatic heterocycles. The van der Waals surface area contributed by atoms with Crippen molar-refractivity contribution < 1.29 is 0 Å². The summed E-state index contributed by atoms with van der Waals surface area (Å²) in [6.45, 7) is 2.14. The number of hydrogen-bond acceptors (Lipinski definition) is 2. The molecule has 1 aliphatic carbocycles. The van der Waals surface area contributed by atoms with E-state index in [0.717, 1.165) is 25.7 Å². The summed E-state index contributed by atoms with van der Waals surface area (Å²) in [4.78, 5) is 4.58. The summed E-state index contributed by atoms with van der Waals surface area (Å²) in [5.41, 5.74) is 11.3. The quantitative estimate of drug-likeness (QED) is 0.927. The maximum atomic E-state index is 6.07. The van der Waals surface area contributed by atoms with Crippen LogP contribution in [-0.4, -0.2) is 15.6 Å². The fourth-order valence-electron chi connectivity index (χ4n) is 2.97. The van der Waals surface area contributed by atoms with E-state index in [1.54, 1.807) is 0 Å². The van der Waals surface area contributed by atoms with E-state index in [2.05, 4.69) is 40.7 Å². The average Bonchev–Trinajstić information content (AvgIpc) is 2.91. The fraction of sp³-hybridized carbons (Fsp3) is 0.471. The van der Waals surface area contributed by atoms with Gasteiger partial charge >= 0.3 is 0 Å². The Morgan fingerprint density at radius 2 is 2.15 bits per heavy atom. The van der Waals surface area contributed by atoms with Gasteiger partial charge in [0.15, 0.2) is 0 Å². The van der Waals surface area contributed by atoms with Gasteiger partial charge in [0.05, 0.1) is 12.0 Å². The van der Waals surface area contributed by atoms with Gasteiger partial charge in [0.1, 0.15) is 0 Å². The lowest BCUT2D eigenvalue weighted by Crippen LogP contribution is -2.21. The molecular formula is C17H23N3.